The monoisotopic (exact) mass is 310 g/mol. The van der Waals surface area contributed by atoms with Crippen LogP contribution in [0.15, 0.2) is 24.8 Å². The highest BCUT2D eigenvalue weighted by Gasteiger charge is 1.98. The van der Waals surface area contributed by atoms with Crippen molar-refractivity contribution in [2.45, 2.75) is 0 Å². The first kappa shape index (κ1) is 20.7. The lowest BCUT2D eigenvalue weighted by Crippen LogP contribution is -1.89. The Labute approximate surface area is 117 Å². The van der Waals surface area contributed by atoms with Gasteiger partial charge in [-0.15, -0.1) is 0 Å². The molecule has 1 rings (SSSR count). The molecule has 0 saturated heterocycles. The van der Waals surface area contributed by atoms with Gasteiger partial charge in [-0.05, 0) is 17.7 Å². The number of phenolic OH excluding ortho intramolecular Hbond substituents is 1. The number of hydrogen-bond donors (Lipinski definition) is 5. The molecule has 0 aromatic heterocycles. The number of methoxy groups -OCH3 is 1. The minimum atomic E-state index is -4.67. The predicted octanol–water partition coefficient (Wildman–Crippen LogP) is 0.362. The van der Waals surface area contributed by atoms with E-state index in [0.717, 1.165) is 5.56 Å². The SMILES string of the molecule is C=Cc1ccc(O)c(OC)c1.O=S(=O)(O)O.OCCO. The zero-order valence-corrected chi connectivity index (χ0v) is 11.6. The Balaban J connectivity index is 0. The predicted molar refractivity (Wildman–Crippen MR) is 73.1 cm³/mol. The van der Waals surface area contributed by atoms with Gasteiger partial charge >= 0.3 is 10.4 Å². The highest BCUT2D eigenvalue weighted by atomic mass is 32.3. The number of phenols is 1. The van der Waals surface area contributed by atoms with Crippen molar-refractivity contribution in [2.75, 3.05) is 20.3 Å². The van der Waals surface area contributed by atoms with Gasteiger partial charge in [-0.2, -0.15) is 8.42 Å². The summed E-state index contributed by atoms with van der Waals surface area (Å²) in [5.41, 5.74) is 0.930. The molecule has 0 atom stereocenters. The van der Waals surface area contributed by atoms with Gasteiger partial charge in [0.05, 0.1) is 20.3 Å². The Morgan fingerprint density at radius 2 is 1.70 bits per heavy atom. The Morgan fingerprint density at radius 1 is 1.25 bits per heavy atom. The van der Waals surface area contributed by atoms with Crippen LogP contribution in [0.4, 0.5) is 0 Å². The molecule has 0 spiro atoms. The van der Waals surface area contributed by atoms with E-state index in [2.05, 4.69) is 6.58 Å². The van der Waals surface area contributed by atoms with Crippen LogP contribution in [0.3, 0.4) is 0 Å². The van der Waals surface area contributed by atoms with Crippen LogP contribution in [-0.2, 0) is 10.4 Å². The molecule has 0 radical (unpaired) electrons. The van der Waals surface area contributed by atoms with Crippen molar-refractivity contribution >= 4 is 16.5 Å². The van der Waals surface area contributed by atoms with E-state index in [9.17, 15) is 5.11 Å². The highest BCUT2D eigenvalue weighted by Crippen LogP contribution is 2.26. The summed E-state index contributed by atoms with van der Waals surface area (Å²) in [4.78, 5) is 0. The molecule has 0 aliphatic rings. The van der Waals surface area contributed by atoms with E-state index >= 15 is 0 Å². The smallest absolute Gasteiger partial charge is 0.394 e. The number of aromatic hydroxyl groups is 1. The second kappa shape index (κ2) is 11.2. The fourth-order valence-corrected chi connectivity index (χ4v) is 0.821. The van der Waals surface area contributed by atoms with Crippen LogP contribution >= 0.6 is 0 Å². The Kier molecular flexibility index (Phi) is 11.6. The van der Waals surface area contributed by atoms with Gasteiger partial charge in [-0.3, -0.25) is 9.11 Å². The van der Waals surface area contributed by atoms with Gasteiger partial charge in [0.15, 0.2) is 11.5 Å². The molecule has 9 heteroatoms. The molecule has 116 valence electrons. The van der Waals surface area contributed by atoms with Crippen LogP contribution in [0.25, 0.3) is 6.08 Å². The van der Waals surface area contributed by atoms with E-state index in [1.807, 2.05) is 0 Å². The van der Waals surface area contributed by atoms with E-state index in [-0.39, 0.29) is 19.0 Å². The Morgan fingerprint density at radius 3 is 2.00 bits per heavy atom. The summed E-state index contributed by atoms with van der Waals surface area (Å²) in [6.45, 7) is 3.35. The van der Waals surface area contributed by atoms with Gasteiger partial charge in [0.1, 0.15) is 0 Å². The van der Waals surface area contributed by atoms with Gasteiger partial charge in [0.2, 0.25) is 0 Å². The third kappa shape index (κ3) is 14.4. The zero-order chi connectivity index (χ0) is 16.2. The zero-order valence-electron chi connectivity index (χ0n) is 10.8. The number of aliphatic hydroxyl groups excluding tert-OH is 2. The summed E-state index contributed by atoms with van der Waals surface area (Å²) in [6, 6.07) is 5.07. The maximum atomic E-state index is 9.17. The van der Waals surface area contributed by atoms with Crippen molar-refractivity contribution in [1.29, 1.82) is 0 Å². The van der Waals surface area contributed by atoms with Crippen molar-refractivity contribution < 1.29 is 37.6 Å². The van der Waals surface area contributed by atoms with Crippen molar-refractivity contribution in [1.82, 2.24) is 0 Å². The molecule has 0 unspecified atom stereocenters. The fraction of sp³-hybridized carbons (Fsp3) is 0.273. The van der Waals surface area contributed by atoms with E-state index < -0.39 is 10.4 Å². The Hall–Kier alpha value is -1.65. The van der Waals surface area contributed by atoms with E-state index in [0.29, 0.717) is 5.75 Å². The van der Waals surface area contributed by atoms with Crippen LogP contribution < -0.4 is 4.74 Å². The highest BCUT2D eigenvalue weighted by molar-refractivity contribution is 7.79. The van der Waals surface area contributed by atoms with E-state index in [4.69, 9.17) is 32.5 Å². The minimum Gasteiger partial charge on any atom is -0.504 e. The second-order valence-corrected chi connectivity index (χ2v) is 3.93. The number of rotatable bonds is 3. The molecule has 8 nitrogen and oxygen atoms in total. The van der Waals surface area contributed by atoms with Crippen LogP contribution in [-0.4, -0.2) is 53.2 Å². The summed E-state index contributed by atoms with van der Waals surface area (Å²) in [7, 11) is -3.15. The van der Waals surface area contributed by atoms with E-state index in [1.54, 1.807) is 24.3 Å². The van der Waals surface area contributed by atoms with Gasteiger partial charge < -0.3 is 20.1 Å². The quantitative estimate of drug-likeness (QED) is 0.503. The van der Waals surface area contributed by atoms with Crippen molar-refractivity contribution in [3.05, 3.63) is 30.3 Å². The van der Waals surface area contributed by atoms with Crippen molar-refractivity contribution in [3.8, 4) is 11.5 Å². The molecule has 0 aliphatic carbocycles. The molecule has 0 saturated carbocycles. The number of hydrogen-bond acceptors (Lipinski definition) is 6. The maximum absolute atomic E-state index is 9.17. The number of benzene rings is 1. The minimum absolute atomic E-state index is 0.125. The molecule has 1 aromatic rings. The first-order chi connectivity index (χ1) is 9.19. The van der Waals surface area contributed by atoms with Gasteiger partial charge in [0.25, 0.3) is 0 Å². The number of ether oxygens (including phenoxy) is 1. The van der Waals surface area contributed by atoms with Crippen LogP contribution in [0.5, 0.6) is 11.5 Å². The van der Waals surface area contributed by atoms with Gasteiger partial charge in [-0.25, -0.2) is 0 Å². The molecular formula is C11H18O8S. The first-order valence-electron chi connectivity index (χ1n) is 5.10. The van der Waals surface area contributed by atoms with E-state index in [1.165, 1.54) is 7.11 Å². The molecule has 5 N–H and O–H groups in total. The molecule has 1 aromatic carbocycles. The average molecular weight is 310 g/mol. The summed E-state index contributed by atoms with van der Waals surface area (Å²) in [5.74, 6) is 0.625. The molecule has 0 aliphatic heterocycles. The standard InChI is InChI=1S/C9H10O2.C2H6O2.H2O4S/c1-3-7-4-5-8(10)9(6-7)11-2;3-1-2-4;1-5(2,3)4/h3-6,10H,1H2,2H3;3-4H,1-2H2;(H2,1,2,3,4). The molecular weight excluding hydrogens is 292 g/mol. The molecule has 0 fully saturated rings. The van der Waals surface area contributed by atoms with Crippen molar-refractivity contribution in [2.24, 2.45) is 0 Å². The number of aliphatic hydroxyl groups is 2. The normalized spacial score (nSPS) is 9.45. The second-order valence-electron chi connectivity index (χ2n) is 3.03. The van der Waals surface area contributed by atoms with Crippen molar-refractivity contribution in [3.63, 3.8) is 0 Å². The molecule has 20 heavy (non-hydrogen) atoms. The summed E-state index contributed by atoms with van der Waals surface area (Å²) >= 11 is 0. The van der Waals surface area contributed by atoms with Crippen LogP contribution in [0.2, 0.25) is 0 Å². The molecule has 0 amide bonds. The molecule has 0 heterocycles. The largest absolute Gasteiger partial charge is 0.504 e. The summed E-state index contributed by atoms with van der Waals surface area (Å²) in [5, 5.41) is 24.4. The summed E-state index contributed by atoms with van der Waals surface area (Å²) < 4.78 is 36.5. The van der Waals surface area contributed by atoms with Gasteiger partial charge in [-0.1, -0.05) is 18.7 Å². The summed E-state index contributed by atoms with van der Waals surface area (Å²) in [6.07, 6.45) is 1.70. The average Bonchev–Trinajstić information content (AvgIpc) is 2.37. The maximum Gasteiger partial charge on any atom is 0.394 e. The lowest BCUT2D eigenvalue weighted by atomic mass is 10.2. The third-order valence-electron chi connectivity index (χ3n) is 1.54. The van der Waals surface area contributed by atoms with Gasteiger partial charge in [0, 0.05) is 0 Å². The molecule has 0 bridgehead atoms. The topological polar surface area (TPSA) is 145 Å². The fourth-order valence-electron chi connectivity index (χ4n) is 0.821. The lowest BCUT2D eigenvalue weighted by molar-refractivity contribution is 0.186. The lowest BCUT2D eigenvalue weighted by Gasteiger charge is -2.02. The van der Waals surface area contributed by atoms with Crippen LogP contribution in [0.1, 0.15) is 5.56 Å². The third-order valence-corrected chi connectivity index (χ3v) is 1.54. The first-order valence-corrected chi connectivity index (χ1v) is 6.50. The Bertz CT molecular complexity index is 473. The van der Waals surface area contributed by atoms with Crippen LogP contribution in [0, 0.1) is 0 Å².